The van der Waals surface area contributed by atoms with Crippen molar-refractivity contribution in [2.45, 2.75) is 13.0 Å². The van der Waals surface area contributed by atoms with Gasteiger partial charge in [-0.1, -0.05) is 42.5 Å². The maximum atomic E-state index is 12.1. The third-order valence-corrected chi connectivity index (χ3v) is 3.62. The number of anilines is 1. The third kappa shape index (κ3) is 4.51. The van der Waals surface area contributed by atoms with Gasteiger partial charge >= 0.3 is 0 Å². The highest BCUT2D eigenvalue weighted by atomic mass is 16.6. The number of amides is 1. The zero-order valence-electron chi connectivity index (χ0n) is 13.3. The van der Waals surface area contributed by atoms with Gasteiger partial charge < -0.3 is 5.32 Å². The van der Waals surface area contributed by atoms with Gasteiger partial charge in [0, 0.05) is 18.3 Å². The maximum absolute atomic E-state index is 12.1. The first-order valence-electron chi connectivity index (χ1n) is 7.70. The van der Waals surface area contributed by atoms with Crippen molar-refractivity contribution in [1.29, 1.82) is 0 Å². The van der Waals surface area contributed by atoms with E-state index in [1.54, 1.807) is 29.2 Å². The average Bonchev–Trinajstić information content (AvgIpc) is 3.03. The summed E-state index contributed by atoms with van der Waals surface area (Å²) in [4.78, 5) is 22.2. The van der Waals surface area contributed by atoms with Crippen LogP contribution in [0.2, 0.25) is 0 Å². The number of carbonyl (C=O) groups excluding carboxylic acids is 1. The minimum Gasteiger partial charge on any atom is -0.323 e. The van der Waals surface area contributed by atoms with Gasteiger partial charge in [-0.25, -0.2) is 0 Å². The van der Waals surface area contributed by atoms with Crippen molar-refractivity contribution >= 4 is 17.3 Å². The molecule has 3 rings (SSSR count). The molecule has 0 saturated heterocycles. The molecule has 0 aliphatic heterocycles. The van der Waals surface area contributed by atoms with Crippen LogP contribution in [0.5, 0.6) is 0 Å². The van der Waals surface area contributed by atoms with Crippen molar-refractivity contribution in [3.8, 4) is 0 Å². The number of nitrogens with one attached hydrogen (secondary N) is 1. The van der Waals surface area contributed by atoms with Gasteiger partial charge in [-0.15, -0.1) is 0 Å². The second-order valence-corrected chi connectivity index (χ2v) is 5.56. The molecule has 126 valence electrons. The summed E-state index contributed by atoms with van der Waals surface area (Å²) in [6.45, 7) is 0.624. The van der Waals surface area contributed by atoms with Crippen molar-refractivity contribution in [1.82, 2.24) is 9.78 Å². The van der Waals surface area contributed by atoms with E-state index in [2.05, 4.69) is 10.4 Å². The molecule has 1 aromatic heterocycles. The molecule has 7 heteroatoms. The van der Waals surface area contributed by atoms with Gasteiger partial charge in [-0.3, -0.25) is 19.6 Å². The smallest absolute Gasteiger partial charge is 0.269 e. The lowest BCUT2D eigenvalue weighted by Crippen LogP contribution is -2.14. The summed E-state index contributed by atoms with van der Waals surface area (Å²) in [6.07, 6.45) is 3.50. The lowest BCUT2D eigenvalue weighted by Gasteiger charge is -2.03. The largest absolute Gasteiger partial charge is 0.323 e. The summed E-state index contributed by atoms with van der Waals surface area (Å²) < 4.78 is 1.75. The summed E-state index contributed by atoms with van der Waals surface area (Å²) >= 11 is 0. The minimum atomic E-state index is -0.467. The number of nitrogens with zero attached hydrogens (tertiary/aromatic N) is 3. The van der Waals surface area contributed by atoms with E-state index in [0.29, 0.717) is 17.8 Å². The SMILES string of the molecule is O=C(Cc1ccc([N+](=O)[O-])cc1)Nc1cnn(Cc2ccccc2)c1. The van der Waals surface area contributed by atoms with Gasteiger partial charge in [0.1, 0.15) is 0 Å². The Bertz CT molecular complexity index is 873. The Morgan fingerprint density at radius 3 is 2.48 bits per heavy atom. The van der Waals surface area contributed by atoms with Crippen LogP contribution in [0, 0.1) is 10.1 Å². The Kier molecular flexibility index (Phi) is 4.84. The van der Waals surface area contributed by atoms with Crippen molar-refractivity contribution in [3.05, 3.63) is 88.2 Å². The van der Waals surface area contributed by atoms with E-state index < -0.39 is 4.92 Å². The second-order valence-electron chi connectivity index (χ2n) is 5.56. The van der Waals surface area contributed by atoms with Crippen LogP contribution in [0.25, 0.3) is 0 Å². The fourth-order valence-electron chi connectivity index (χ4n) is 2.41. The van der Waals surface area contributed by atoms with E-state index in [1.165, 1.54) is 12.1 Å². The van der Waals surface area contributed by atoms with E-state index in [4.69, 9.17) is 0 Å². The van der Waals surface area contributed by atoms with Crippen LogP contribution in [0.3, 0.4) is 0 Å². The van der Waals surface area contributed by atoms with Crippen molar-refractivity contribution in [2.75, 3.05) is 5.32 Å². The van der Waals surface area contributed by atoms with Crippen molar-refractivity contribution < 1.29 is 9.72 Å². The highest BCUT2D eigenvalue weighted by Crippen LogP contribution is 2.13. The summed E-state index contributed by atoms with van der Waals surface area (Å²) in [5, 5.41) is 17.6. The van der Waals surface area contributed by atoms with Gasteiger partial charge in [-0.2, -0.15) is 5.10 Å². The third-order valence-electron chi connectivity index (χ3n) is 3.62. The number of carbonyl (C=O) groups is 1. The van der Waals surface area contributed by atoms with Crippen LogP contribution in [0.1, 0.15) is 11.1 Å². The van der Waals surface area contributed by atoms with E-state index >= 15 is 0 Å². The summed E-state index contributed by atoms with van der Waals surface area (Å²) in [7, 11) is 0. The molecule has 7 nitrogen and oxygen atoms in total. The van der Waals surface area contributed by atoms with Crippen LogP contribution in [0.4, 0.5) is 11.4 Å². The highest BCUT2D eigenvalue weighted by Gasteiger charge is 2.09. The van der Waals surface area contributed by atoms with E-state index in [0.717, 1.165) is 5.56 Å². The second kappa shape index (κ2) is 7.39. The Morgan fingerprint density at radius 1 is 1.08 bits per heavy atom. The molecular weight excluding hydrogens is 320 g/mol. The number of aromatic nitrogens is 2. The molecule has 0 spiro atoms. The molecule has 2 aromatic carbocycles. The zero-order valence-corrected chi connectivity index (χ0v) is 13.3. The first-order chi connectivity index (χ1) is 12.1. The molecule has 0 bridgehead atoms. The molecule has 0 aliphatic carbocycles. The van der Waals surface area contributed by atoms with Gasteiger partial charge in [0.25, 0.3) is 5.69 Å². The lowest BCUT2D eigenvalue weighted by atomic mass is 10.1. The Hall–Kier alpha value is -3.48. The molecule has 25 heavy (non-hydrogen) atoms. The Morgan fingerprint density at radius 2 is 1.80 bits per heavy atom. The van der Waals surface area contributed by atoms with Crippen LogP contribution in [-0.2, 0) is 17.8 Å². The average molecular weight is 336 g/mol. The first kappa shape index (κ1) is 16.4. The molecule has 1 amide bonds. The molecule has 0 radical (unpaired) electrons. The molecule has 0 aliphatic rings. The molecule has 3 aromatic rings. The summed E-state index contributed by atoms with van der Waals surface area (Å²) in [6, 6.07) is 15.8. The van der Waals surface area contributed by atoms with Crippen LogP contribution in [-0.4, -0.2) is 20.6 Å². The lowest BCUT2D eigenvalue weighted by molar-refractivity contribution is -0.384. The predicted octanol–water partition coefficient (Wildman–Crippen LogP) is 3.02. The Balaban J connectivity index is 1.57. The number of nitro groups is 1. The van der Waals surface area contributed by atoms with Crippen molar-refractivity contribution in [3.63, 3.8) is 0 Å². The van der Waals surface area contributed by atoms with Gasteiger partial charge in [-0.05, 0) is 11.1 Å². The monoisotopic (exact) mass is 336 g/mol. The maximum Gasteiger partial charge on any atom is 0.269 e. The van der Waals surface area contributed by atoms with Gasteiger partial charge in [0.05, 0.1) is 29.8 Å². The topological polar surface area (TPSA) is 90.1 Å². The molecule has 0 fully saturated rings. The van der Waals surface area contributed by atoms with Crippen molar-refractivity contribution in [2.24, 2.45) is 0 Å². The Labute approximate surface area is 144 Å². The minimum absolute atomic E-state index is 0.00588. The number of hydrogen-bond donors (Lipinski definition) is 1. The molecule has 0 unspecified atom stereocenters. The standard InChI is InChI=1S/C18H16N4O3/c23-18(10-14-6-8-17(9-7-14)22(24)25)20-16-11-19-21(13-16)12-15-4-2-1-3-5-15/h1-9,11,13H,10,12H2,(H,20,23). The fourth-order valence-corrected chi connectivity index (χ4v) is 2.41. The number of rotatable bonds is 6. The van der Waals surface area contributed by atoms with Crippen LogP contribution >= 0.6 is 0 Å². The molecule has 1 heterocycles. The molecular formula is C18H16N4O3. The van der Waals surface area contributed by atoms with Crippen LogP contribution in [0.15, 0.2) is 67.0 Å². The molecule has 0 saturated carbocycles. The highest BCUT2D eigenvalue weighted by molar-refractivity contribution is 5.92. The first-order valence-corrected chi connectivity index (χ1v) is 7.70. The van der Waals surface area contributed by atoms with E-state index in [1.807, 2.05) is 30.3 Å². The quantitative estimate of drug-likeness (QED) is 0.553. The van der Waals surface area contributed by atoms with E-state index in [9.17, 15) is 14.9 Å². The number of non-ortho nitro benzene ring substituents is 1. The van der Waals surface area contributed by atoms with E-state index in [-0.39, 0.29) is 18.0 Å². The summed E-state index contributed by atoms with van der Waals surface area (Å²) in [5.41, 5.74) is 2.45. The van der Waals surface area contributed by atoms with Crippen LogP contribution < -0.4 is 5.32 Å². The van der Waals surface area contributed by atoms with Gasteiger partial charge in [0.15, 0.2) is 0 Å². The molecule has 1 N–H and O–H groups in total. The number of hydrogen-bond acceptors (Lipinski definition) is 4. The predicted molar refractivity (Wildman–Crippen MR) is 93.2 cm³/mol. The summed E-state index contributed by atoms with van der Waals surface area (Å²) in [5.74, 6) is -0.201. The fraction of sp³-hybridized carbons (Fsp3) is 0.111. The van der Waals surface area contributed by atoms with Gasteiger partial charge in [0.2, 0.25) is 5.91 Å². The molecule has 0 atom stereocenters. The normalized spacial score (nSPS) is 10.4. The number of nitro benzene ring substituents is 1. The number of benzene rings is 2. The zero-order chi connectivity index (χ0) is 17.6.